The molecule has 0 aromatic carbocycles. The molecule has 0 aliphatic heterocycles. The quantitative estimate of drug-likeness (QED) is 0.381. The Morgan fingerprint density at radius 1 is 0.800 bits per heavy atom. The van der Waals surface area contributed by atoms with E-state index >= 15 is 0 Å². The maximum atomic E-state index is 10.3. The molecule has 0 saturated carbocycles. The Kier molecular flexibility index (Phi) is 14.3. The van der Waals surface area contributed by atoms with Gasteiger partial charge in [-0.1, -0.05) is 55.5 Å². The molecule has 0 unspecified atom stereocenters. The first kappa shape index (κ1) is 18.4. The summed E-state index contributed by atoms with van der Waals surface area (Å²) in [6.07, 6.45) is 24.4. The van der Waals surface area contributed by atoms with E-state index in [0.717, 1.165) is 44.9 Å². The minimum absolute atomic E-state index is 0.285. The maximum Gasteiger partial charge on any atom is 0.303 e. The van der Waals surface area contributed by atoms with Crippen molar-refractivity contribution in [3.8, 4) is 0 Å². The van der Waals surface area contributed by atoms with Crippen molar-refractivity contribution < 1.29 is 9.90 Å². The lowest BCUT2D eigenvalue weighted by Crippen LogP contribution is -1.92. The number of carboxylic acid groups (broad SMARTS) is 1. The second-order valence-electron chi connectivity index (χ2n) is 4.64. The molecule has 0 aliphatic carbocycles. The van der Waals surface area contributed by atoms with Crippen LogP contribution in [-0.2, 0) is 4.79 Å². The number of rotatable bonds is 12. The number of carboxylic acids is 1. The van der Waals surface area contributed by atoms with Crippen LogP contribution >= 0.6 is 0 Å². The highest BCUT2D eigenvalue weighted by molar-refractivity contribution is 5.66. The first-order chi connectivity index (χ1) is 9.77. The third-order valence-corrected chi connectivity index (χ3v) is 2.73. The van der Waals surface area contributed by atoms with Gasteiger partial charge in [0.1, 0.15) is 0 Å². The minimum atomic E-state index is -0.699. The summed E-state index contributed by atoms with van der Waals surface area (Å²) in [5.41, 5.74) is 0. The van der Waals surface area contributed by atoms with E-state index in [1.54, 1.807) is 0 Å². The van der Waals surface area contributed by atoms with Gasteiger partial charge < -0.3 is 5.11 Å². The smallest absolute Gasteiger partial charge is 0.303 e. The predicted molar refractivity (Wildman–Crippen MR) is 86.8 cm³/mol. The van der Waals surface area contributed by atoms with Gasteiger partial charge in [-0.3, -0.25) is 4.79 Å². The van der Waals surface area contributed by atoms with Crippen molar-refractivity contribution in [2.75, 3.05) is 0 Å². The van der Waals surface area contributed by atoms with E-state index in [9.17, 15) is 4.79 Å². The van der Waals surface area contributed by atoms with E-state index in [4.69, 9.17) is 5.11 Å². The van der Waals surface area contributed by atoms with Crippen molar-refractivity contribution >= 4 is 5.97 Å². The lowest BCUT2D eigenvalue weighted by atomic mass is 10.2. The highest BCUT2D eigenvalue weighted by Gasteiger charge is 1.93. The number of aliphatic carboxylic acids is 1. The second-order valence-corrected chi connectivity index (χ2v) is 4.64. The molecule has 0 atom stereocenters. The van der Waals surface area contributed by atoms with Gasteiger partial charge in [-0.25, -0.2) is 0 Å². The third-order valence-electron chi connectivity index (χ3n) is 2.73. The van der Waals surface area contributed by atoms with Gasteiger partial charge in [0.2, 0.25) is 0 Å². The molecular weight excluding hydrogens is 248 g/mol. The summed E-state index contributed by atoms with van der Waals surface area (Å²) in [6, 6.07) is 0. The van der Waals surface area contributed by atoms with E-state index in [-0.39, 0.29) is 6.42 Å². The van der Waals surface area contributed by atoms with Crippen molar-refractivity contribution in [2.24, 2.45) is 0 Å². The van der Waals surface area contributed by atoms with Crippen molar-refractivity contribution in [1.82, 2.24) is 0 Å². The van der Waals surface area contributed by atoms with Gasteiger partial charge in [-0.05, 0) is 44.9 Å². The largest absolute Gasteiger partial charge is 0.481 e. The van der Waals surface area contributed by atoms with E-state index in [0.29, 0.717) is 0 Å². The first-order valence-corrected chi connectivity index (χ1v) is 7.59. The summed E-state index contributed by atoms with van der Waals surface area (Å²) < 4.78 is 0. The summed E-state index contributed by atoms with van der Waals surface area (Å²) in [7, 11) is 0. The highest BCUT2D eigenvalue weighted by Crippen LogP contribution is 2.01. The van der Waals surface area contributed by atoms with Crippen LogP contribution in [0.3, 0.4) is 0 Å². The Balaban J connectivity index is 3.38. The molecule has 0 rings (SSSR count). The number of hydrogen-bond donors (Lipinski definition) is 1. The number of carbonyl (C=O) groups is 1. The fraction of sp³-hybridized carbons (Fsp3) is 0.500. The standard InChI is InChI=1S/C18H28O2/c1-2-3-4-5-6-7-8-9-10-11-12-13-14-15-16-17-18(19)20/h3-4,6-7,9-10,12-13H,2,5,8,11,14-17H2,1H3,(H,19,20)/b4-3+,7-6+,10-9-,13-12+. The number of hydrogen-bond acceptors (Lipinski definition) is 1. The summed E-state index contributed by atoms with van der Waals surface area (Å²) in [4.78, 5) is 10.3. The van der Waals surface area contributed by atoms with Crippen LogP contribution in [0.5, 0.6) is 0 Å². The zero-order valence-electron chi connectivity index (χ0n) is 12.6. The van der Waals surface area contributed by atoms with E-state index in [1.165, 1.54) is 0 Å². The van der Waals surface area contributed by atoms with Gasteiger partial charge in [0.25, 0.3) is 0 Å². The Morgan fingerprint density at radius 3 is 1.80 bits per heavy atom. The summed E-state index contributed by atoms with van der Waals surface area (Å²) in [6.45, 7) is 2.14. The lowest BCUT2D eigenvalue weighted by Gasteiger charge is -1.92. The molecule has 1 N–H and O–H groups in total. The summed E-state index contributed by atoms with van der Waals surface area (Å²) in [5, 5.41) is 8.48. The van der Waals surface area contributed by atoms with Crippen LogP contribution in [0, 0.1) is 0 Å². The molecule has 0 amide bonds. The molecule has 0 radical (unpaired) electrons. The molecular formula is C18H28O2. The average Bonchev–Trinajstić information content (AvgIpc) is 2.43. The van der Waals surface area contributed by atoms with Gasteiger partial charge in [0, 0.05) is 6.42 Å². The molecule has 0 fully saturated rings. The van der Waals surface area contributed by atoms with Crippen molar-refractivity contribution in [3.05, 3.63) is 48.6 Å². The van der Waals surface area contributed by atoms with Crippen LogP contribution in [0.25, 0.3) is 0 Å². The summed E-state index contributed by atoms with van der Waals surface area (Å²) in [5.74, 6) is -0.699. The van der Waals surface area contributed by atoms with Gasteiger partial charge in [-0.2, -0.15) is 0 Å². The Hall–Kier alpha value is -1.57. The minimum Gasteiger partial charge on any atom is -0.481 e. The molecule has 0 heterocycles. The van der Waals surface area contributed by atoms with E-state index < -0.39 is 5.97 Å². The van der Waals surface area contributed by atoms with Crippen LogP contribution in [0.2, 0.25) is 0 Å². The van der Waals surface area contributed by atoms with Crippen LogP contribution in [0.1, 0.15) is 58.3 Å². The molecule has 0 aromatic heterocycles. The number of unbranched alkanes of at least 4 members (excludes halogenated alkanes) is 2. The van der Waals surface area contributed by atoms with Crippen LogP contribution in [-0.4, -0.2) is 11.1 Å². The molecule has 0 saturated heterocycles. The van der Waals surface area contributed by atoms with Crippen LogP contribution in [0.4, 0.5) is 0 Å². The molecule has 112 valence electrons. The molecule has 0 spiro atoms. The zero-order chi connectivity index (χ0) is 14.9. The molecule has 0 aromatic rings. The molecule has 20 heavy (non-hydrogen) atoms. The van der Waals surface area contributed by atoms with Crippen molar-refractivity contribution in [1.29, 1.82) is 0 Å². The monoisotopic (exact) mass is 276 g/mol. The molecule has 0 aliphatic rings. The van der Waals surface area contributed by atoms with E-state index in [1.807, 2.05) is 0 Å². The van der Waals surface area contributed by atoms with E-state index in [2.05, 4.69) is 55.5 Å². The average molecular weight is 276 g/mol. The first-order valence-electron chi connectivity index (χ1n) is 7.59. The van der Waals surface area contributed by atoms with Crippen LogP contribution < -0.4 is 0 Å². The van der Waals surface area contributed by atoms with Gasteiger partial charge >= 0.3 is 5.97 Å². The second kappa shape index (κ2) is 15.5. The fourth-order valence-electron chi connectivity index (χ4n) is 1.64. The molecule has 2 heteroatoms. The maximum absolute atomic E-state index is 10.3. The van der Waals surface area contributed by atoms with Gasteiger partial charge in [0.15, 0.2) is 0 Å². The number of allylic oxidation sites excluding steroid dienone is 8. The lowest BCUT2D eigenvalue weighted by molar-refractivity contribution is -0.137. The Labute approximate surface area is 123 Å². The van der Waals surface area contributed by atoms with Gasteiger partial charge in [0.05, 0.1) is 0 Å². The van der Waals surface area contributed by atoms with Crippen LogP contribution in [0.15, 0.2) is 48.6 Å². The molecule has 0 bridgehead atoms. The normalized spacial score (nSPS) is 12.4. The zero-order valence-corrected chi connectivity index (χ0v) is 12.6. The predicted octanol–water partition coefficient (Wildman–Crippen LogP) is 5.44. The SMILES string of the molecule is CC/C=C/C/C=C/C/C=C\C/C=C/CCCCC(=O)O. The van der Waals surface area contributed by atoms with Crippen molar-refractivity contribution in [3.63, 3.8) is 0 Å². The third kappa shape index (κ3) is 16.4. The topological polar surface area (TPSA) is 37.3 Å². The Bertz CT molecular complexity index is 335. The summed E-state index contributed by atoms with van der Waals surface area (Å²) >= 11 is 0. The van der Waals surface area contributed by atoms with Gasteiger partial charge in [-0.15, -0.1) is 0 Å². The molecule has 2 nitrogen and oxygen atoms in total. The highest BCUT2D eigenvalue weighted by atomic mass is 16.4. The Morgan fingerprint density at radius 2 is 1.30 bits per heavy atom. The fourth-order valence-corrected chi connectivity index (χ4v) is 1.64. The van der Waals surface area contributed by atoms with Crippen molar-refractivity contribution in [2.45, 2.75) is 58.3 Å².